The fraction of sp³-hybridized carbons (Fsp3) is 0.333. The third kappa shape index (κ3) is 5.06. The molecule has 0 saturated heterocycles. The summed E-state index contributed by atoms with van der Waals surface area (Å²) >= 11 is 8.04. The minimum absolute atomic E-state index is 0.234. The molecule has 3 rings (SSSR count). The number of rotatable bonds is 6. The Morgan fingerprint density at radius 1 is 1.63 bits per heavy atom. The molecule has 1 aliphatic carbocycles. The van der Waals surface area contributed by atoms with Crippen LogP contribution in [-0.2, 0) is 4.79 Å². The normalized spacial score (nSPS) is 21.9. The zero-order chi connectivity index (χ0) is 21.8. The molecule has 3 atom stereocenters. The molecule has 2 unspecified atom stereocenters. The maximum Gasteiger partial charge on any atom is 0.243 e. The fourth-order valence-electron chi connectivity index (χ4n) is 3.19. The van der Waals surface area contributed by atoms with Gasteiger partial charge in [0.15, 0.2) is 0 Å². The molecule has 0 fully saturated rings. The SMILES string of the molecule is C=CC(=O)N[C@H](C)CN=C(N)c1cc(Cl)c(C2=CC(F)C=C2)c2c1NCC(O)CS2. The average Bonchev–Trinajstić information content (AvgIpc) is 3.04. The molecule has 1 amide bonds. The van der Waals surface area contributed by atoms with Gasteiger partial charge in [-0.15, -0.1) is 11.8 Å². The van der Waals surface area contributed by atoms with Crippen LogP contribution in [0, 0.1) is 0 Å². The van der Waals surface area contributed by atoms with Crippen LogP contribution in [0.15, 0.2) is 46.8 Å². The van der Waals surface area contributed by atoms with E-state index in [1.807, 2.05) is 6.92 Å². The number of alkyl halides is 1. The summed E-state index contributed by atoms with van der Waals surface area (Å²) in [5.74, 6) is 0.432. The molecular weight excluding hydrogens is 427 g/mol. The molecule has 1 aromatic rings. The van der Waals surface area contributed by atoms with Crippen LogP contribution in [0.3, 0.4) is 0 Å². The van der Waals surface area contributed by atoms with Crippen LogP contribution >= 0.6 is 23.4 Å². The van der Waals surface area contributed by atoms with E-state index in [4.69, 9.17) is 17.3 Å². The first-order valence-corrected chi connectivity index (χ1v) is 10.9. The zero-order valence-corrected chi connectivity index (χ0v) is 18.1. The van der Waals surface area contributed by atoms with Crippen LogP contribution in [-0.4, -0.2) is 54.0 Å². The second-order valence-electron chi connectivity index (χ2n) is 7.10. The lowest BCUT2D eigenvalue weighted by Gasteiger charge is -2.19. The van der Waals surface area contributed by atoms with E-state index in [9.17, 15) is 14.3 Å². The Morgan fingerprint density at radius 2 is 2.40 bits per heavy atom. The van der Waals surface area contributed by atoms with Gasteiger partial charge in [0.25, 0.3) is 0 Å². The Morgan fingerprint density at radius 3 is 3.07 bits per heavy atom. The van der Waals surface area contributed by atoms with E-state index in [2.05, 4.69) is 22.2 Å². The summed E-state index contributed by atoms with van der Waals surface area (Å²) < 4.78 is 13.7. The molecule has 1 aromatic carbocycles. The number of aliphatic hydroxyl groups is 1. The standard InChI is InChI=1S/C21H24ClFN4O2S/c1-3-17(29)27-11(2)8-26-21(24)15-7-16(22)18(12-4-5-13(23)6-12)20-19(15)25-9-14(28)10-30-20/h3-7,11,13-14,25,28H,1,8-10H2,2H3,(H2,24,26)(H,27,29)/t11-,13?,14?/m1/s1. The number of hydrogen-bond donors (Lipinski definition) is 4. The Hall–Kier alpha value is -2.29. The van der Waals surface area contributed by atoms with Crippen LogP contribution in [0.4, 0.5) is 10.1 Å². The van der Waals surface area contributed by atoms with Gasteiger partial charge in [0.05, 0.1) is 23.4 Å². The molecule has 0 aromatic heterocycles. The summed E-state index contributed by atoms with van der Waals surface area (Å²) in [6.45, 7) is 5.85. The number of aliphatic imine (C=N–C) groups is 1. The number of carbonyl (C=O) groups is 1. The molecule has 0 radical (unpaired) electrons. The Labute approximate surface area is 184 Å². The van der Waals surface area contributed by atoms with Crippen molar-refractivity contribution in [1.29, 1.82) is 0 Å². The number of fused-ring (bicyclic) bond motifs is 1. The van der Waals surface area contributed by atoms with Crippen molar-refractivity contribution in [2.45, 2.75) is 30.1 Å². The van der Waals surface area contributed by atoms with E-state index in [1.165, 1.54) is 30.0 Å². The van der Waals surface area contributed by atoms with Gasteiger partial charge in [-0.25, -0.2) is 4.39 Å². The number of halogens is 2. The van der Waals surface area contributed by atoms with E-state index in [-0.39, 0.29) is 24.3 Å². The number of anilines is 1. The predicted molar refractivity (Wildman–Crippen MR) is 122 cm³/mol. The third-order valence-electron chi connectivity index (χ3n) is 4.64. The fourth-order valence-corrected chi connectivity index (χ4v) is 4.73. The highest BCUT2D eigenvalue weighted by Gasteiger charge is 2.26. The van der Waals surface area contributed by atoms with Crippen LogP contribution < -0.4 is 16.4 Å². The number of amides is 1. The highest BCUT2D eigenvalue weighted by Crippen LogP contribution is 2.44. The number of β-amino-alcohol motifs (C(OH)–C–C–N with tert-alkyl or cyclic N) is 1. The van der Waals surface area contributed by atoms with Gasteiger partial charge in [-0.1, -0.05) is 24.3 Å². The molecule has 30 heavy (non-hydrogen) atoms. The molecule has 1 heterocycles. The smallest absolute Gasteiger partial charge is 0.243 e. The third-order valence-corrected chi connectivity index (χ3v) is 6.19. The van der Waals surface area contributed by atoms with E-state index in [0.717, 1.165) is 4.90 Å². The molecule has 2 aliphatic rings. The quantitative estimate of drug-likeness (QED) is 0.303. The molecular formula is C21H24ClFN4O2S. The summed E-state index contributed by atoms with van der Waals surface area (Å²) in [5, 5.41) is 16.5. The van der Waals surface area contributed by atoms with Crippen LogP contribution in [0.5, 0.6) is 0 Å². The monoisotopic (exact) mass is 450 g/mol. The maximum atomic E-state index is 13.7. The van der Waals surface area contributed by atoms with Crippen molar-refractivity contribution in [2.75, 3.05) is 24.2 Å². The summed E-state index contributed by atoms with van der Waals surface area (Å²) in [6.07, 6.45) is 4.16. The van der Waals surface area contributed by atoms with Crippen molar-refractivity contribution < 1.29 is 14.3 Å². The van der Waals surface area contributed by atoms with Gasteiger partial charge in [0.1, 0.15) is 12.0 Å². The first-order chi connectivity index (χ1) is 14.3. The van der Waals surface area contributed by atoms with Crippen molar-refractivity contribution in [2.24, 2.45) is 10.7 Å². The summed E-state index contributed by atoms with van der Waals surface area (Å²) in [6, 6.07) is 1.47. The van der Waals surface area contributed by atoms with Crippen molar-refractivity contribution in [1.82, 2.24) is 5.32 Å². The number of amidine groups is 1. The average molecular weight is 451 g/mol. The number of benzene rings is 1. The van der Waals surface area contributed by atoms with Gasteiger partial charge in [-0.2, -0.15) is 0 Å². The van der Waals surface area contributed by atoms with Crippen molar-refractivity contribution in [3.63, 3.8) is 0 Å². The Balaban J connectivity index is 1.99. The van der Waals surface area contributed by atoms with Gasteiger partial charge >= 0.3 is 0 Å². The largest absolute Gasteiger partial charge is 0.390 e. The number of hydrogen-bond acceptors (Lipinski definition) is 5. The van der Waals surface area contributed by atoms with Gasteiger partial charge < -0.3 is 21.5 Å². The first kappa shape index (κ1) is 22.4. The predicted octanol–water partition coefficient (Wildman–Crippen LogP) is 2.91. The minimum Gasteiger partial charge on any atom is -0.390 e. The molecule has 6 nitrogen and oxygen atoms in total. The van der Waals surface area contributed by atoms with E-state index >= 15 is 0 Å². The molecule has 1 aliphatic heterocycles. The van der Waals surface area contributed by atoms with Crippen LogP contribution in [0.25, 0.3) is 5.57 Å². The summed E-state index contributed by atoms with van der Waals surface area (Å²) in [4.78, 5) is 16.6. The van der Waals surface area contributed by atoms with Crippen LogP contribution in [0.1, 0.15) is 18.1 Å². The summed E-state index contributed by atoms with van der Waals surface area (Å²) in [5.41, 5.74) is 8.97. The lowest BCUT2D eigenvalue weighted by Crippen LogP contribution is -2.34. The summed E-state index contributed by atoms with van der Waals surface area (Å²) in [7, 11) is 0. The van der Waals surface area contributed by atoms with Crippen molar-refractivity contribution in [3.05, 3.63) is 53.1 Å². The van der Waals surface area contributed by atoms with Gasteiger partial charge in [-0.3, -0.25) is 9.79 Å². The molecule has 0 bridgehead atoms. The second-order valence-corrected chi connectivity index (χ2v) is 8.53. The number of thioether (sulfide) groups is 1. The minimum atomic E-state index is -1.15. The van der Waals surface area contributed by atoms with Crippen LogP contribution in [0.2, 0.25) is 5.02 Å². The first-order valence-electron chi connectivity index (χ1n) is 9.49. The number of carbonyl (C=O) groups excluding carboxylic acids is 1. The molecule has 0 spiro atoms. The lowest BCUT2D eigenvalue weighted by atomic mass is 10.0. The maximum absolute atomic E-state index is 13.7. The number of aliphatic hydroxyl groups excluding tert-OH is 1. The molecule has 160 valence electrons. The second kappa shape index (κ2) is 9.68. The van der Waals surface area contributed by atoms with Gasteiger partial charge in [-0.05, 0) is 36.8 Å². The molecule has 9 heteroatoms. The van der Waals surface area contributed by atoms with E-state index < -0.39 is 12.3 Å². The number of allylic oxidation sites excluding steroid dienone is 4. The number of nitrogens with zero attached hydrogens (tertiary/aromatic N) is 1. The highest BCUT2D eigenvalue weighted by atomic mass is 35.5. The molecule has 5 N–H and O–H groups in total. The van der Waals surface area contributed by atoms with Gasteiger partial charge in [0, 0.05) is 34.4 Å². The Kier molecular flexibility index (Phi) is 7.23. The van der Waals surface area contributed by atoms with Crippen molar-refractivity contribution >= 4 is 46.4 Å². The van der Waals surface area contributed by atoms with Crippen molar-refractivity contribution in [3.8, 4) is 0 Å². The zero-order valence-electron chi connectivity index (χ0n) is 16.5. The number of nitrogens with one attached hydrogen (secondary N) is 2. The highest BCUT2D eigenvalue weighted by molar-refractivity contribution is 7.99. The van der Waals surface area contributed by atoms with E-state index in [0.29, 0.717) is 39.7 Å². The van der Waals surface area contributed by atoms with E-state index in [1.54, 1.807) is 12.1 Å². The molecule has 0 saturated carbocycles. The van der Waals surface area contributed by atoms with Gasteiger partial charge in [0.2, 0.25) is 5.91 Å². The lowest BCUT2D eigenvalue weighted by molar-refractivity contribution is -0.117. The number of nitrogens with two attached hydrogens (primary N) is 1. The topological polar surface area (TPSA) is 99.7 Å². The Bertz CT molecular complexity index is 947.